The maximum atomic E-state index is 12.1. The van der Waals surface area contributed by atoms with E-state index in [-0.39, 0.29) is 12.5 Å². The van der Waals surface area contributed by atoms with Crippen LogP contribution in [-0.2, 0) is 0 Å². The molecule has 1 atom stereocenters. The minimum absolute atomic E-state index is 0.104. The fraction of sp³-hybridized carbons (Fsp3) is 0.188. The van der Waals surface area contributed by atoms with E-state index in [0.717, 1.165) is 11.1 Å². The second kappa shape index (κ2) is 6.94. The lowest BCUT2D eigenvalue weighted by molar-refractivity contribution is 0.0916. The van der Waals surface area contributed by atoms with Gasteiger partial charge in [-0.2, -0.15) is 0 Å². The second-order valence-corrected chi connectivity index (χ2v) is 5.55. The van der Waals surface area contributed by atoms with E-state index < -0.39 is 6.10 Å². The third-order valence-corrected chi connectivity index (χ3v) is 3.74. The molecule has 1 unspecified atom stereocenters. The first-order chi connectivity index (χ1) is 9.99. The Bertz CT molecular complexity index is 658. The molecule has 110 valence electrons. The summed E-state index contributed by atoms with van der Waals surface area (Å²) in [6.07, 6.45) is -0.770. The highest BCUT2D eigenvalue weighted by Gasteiger charge is 2.14. The van der Waals surface area contributed by atoms with Crippen molar-refractivity contribution in [2.45, 2.75) is 13.0 Å². The Kier molecular flexibility index (Phi) is 5.23. The molecule has 0 spiro atoms. The average molecular weight is 324 g/mol. The number of halogens is 2. The van der Waals surface area contributed by atoms with Gasteiger partial charge in [-0.1, -0.05) is 47.5 Å². The Balaban J connectivity index is 2.04. The molecule has 2 rings (SSSR count). The number of benzene rings is 2. The Morgan fingerprint density at radius 2 is 1.95 bits per heavy atom. The van der Waals surface area contributed by atoms with Gasteiger partial charge >= 0.3 is 0 Å². The average Bonchev–Trinajstić information content (AvgIpc) is 2.47. The van der Waals surface area contributed by atoms with Crippen molar-refractivity contribution in [3.05, 3.63) is 69.2 Å². The Morgan fingerprint density at radius 3 is 2.67 bits per heavy atom. The Labute approximate surface area is 133 Å². The van der Waals surface area contributed by atoms with E-state index in [1.807, 2.05) is 31.2 Å². The number of hydrogen-bond acceptors (Lipinski definition) is 2. The summed E-state index contributed by atoms with van der Waals surface area (Å²) in [5, 5.41) is 13.6. The molecule has 0 aromatic heterocycles. The molecular formula is C16H15Cl2NO2. The first-order valence-corrected chi connectivity index (χ1v) is 7.21. The van der Waals surface area contributed by atoms with Crippen LogP contribution in [0.4, 0.5) is 0 Å². The number of aliphatic hydroxyl groups excluding tert-OH is 1. The molecular weight excluding hydrogens is 309 g/mol. The van der Waals surface area contributed by atoms with Crippen molar-refractivity contribution < 1.29 is 9.90 Å². The van der Waals surface area contributed by atoms with E-state index in [9.17, 15) is 9.90 Å². The van der Waals surface area contributed by atoms with E-state index in [1.165, 1.54) is 6.07 Å². The van der Waals surface area contributed by atoms with Gasteiger partial charge in [-0.15, -0.1) is 0 Å². The predicted octanol–water partition coefficient (Wildman–Crippen LogP) is 3.77. The SMILES string of the molecule is Cc1ccccc1C(O)CNC(=O)c1cc(Cl)ccc1Cl. The second-order valence-electron chi connectivity index (χ2n) is 4.71. The normalized spacial score (nSPS) is 12.0. The van der Waals surface area contributed by atoms with E-state index in [4.69, 9.17) is 23.2 Å². The van der Waals surface area contributed by atoms with Crippen molar-refractivity contribution in [1.29, 1.82) is 0 Å². The van der Waals surface area contributed by atoms with Crippen LogP contribution < -0.4 is 5.32 Å². The standard InChI is InChI=1S/C16H15Cl2NO2/c1-10-4-2-3-5-12(10)15(20)9-19-16(21)13-8-11(17)6-7-14(13)18/h2-8,15,20H,9H2,1H3,(H,19,21). The zero-order valence-electron chi connectivity index (χ0n) is 11.4. The fourth-order valence-corrected chi connectivity index (χ4v) is 2.40. The molecule has 0 saturated carbocycles. The Hall–Kier alpha value is -1.55. The molecule has 2 N–H and O–H groups in total. The molecule has 2 aromatic carbocycles. The third-order valence-electron chi connectivity index (χ3n) is 3.18. The molecule has 1 amide bonds. The number of carbonyl (C=O) groups excluding carboxylic acids is 1. The smallest absolute Gasteiger partial charge is 0.252 e. The number of aryl methyl sites for hydroxylation is 1. The molecule has 5 heteroatoms. The first-order valence-electron chi connectivity index (χ1n) is 6.46. The number of rotatable bonds is 4. The lowest BCUT2D eigenvalue weighted by atomic mass is 10.0. The van der Waals surface area contributed by atoms with Crippen LogP contribution in [0.5, 0.6) is 0 Å². The summed E-state index contributed by atoms with van der Waals surface area (Å²) in [4.78, 5) is 12.1. The summed E-state index contributed by atoms with van der Waals surface area (Å²) in [6, 6.07) is 12.2. The van der Waals surface area contributed by atoms with Gasteiger partial charge in [-0.05, 0) is 36.2 Å². The number of hydrogen-bond donors (Lipinski definition) is 2. The number of amides is 1. The minimum atomic E-state index is -0.770. The van der Waals surface area contributed by atoms with Crippen LogP contribution in [0.1, 0.15) is 27.6 Å². The summed E-state index contributed by atoms with van der Waals surface area (Å²) in [5.41, 5.74) is 2.05. The maximum Gasteiger partial charge on any atom is 0.252 e. The van der Waals surface area contributed by atoms with Crippen LogP contribution >= 0.6 is 23.2 Å². The van der Waals surface area contributed by atoms with Gasteiger partial charge in [0.05, 0.1) is 16.7 Å². The lowest BCUT2D eigenvalue weighted by Gasteiger charge is -2.15. The molecule has 0 fully saturated rings. The summed E-state index contributed by atoms with van der Waals surface area (Å²) >= 11 is 11.8. The summed E-state index contributed by atoms with van der Waals surface area (Å²) < 4.78 is 0. The van der Waals surface area contributed by atoms with Crippen molar-refractivity contribution in [3.63, 3.8) is 0 Å². The zero-order chi connectivity index (χ0) is 15.4. The number of nitrogens with one attached hydrogen (secondary N) is 1. The van der Waals surface area contributed by atoms with Gasteiger partial charge in [0.2, 0.25) is 0 Å². The maximum absolute atomic E-state index is 12.1. The van der Waals surface area contributed by atoms with Crippen LogP contribution in [0.25, 0.3) is 0 Å². The molecule has 0 radical (unpaired) electrons. The highest BCUT2D eigenvalue weighted by Crippen LogP contribution is 2.21. The van der Waals surface area contributed by atoms with Crippen LogP contribution in [0.15, 0.2) is 42.5 Å². The molecule has 2 aromatic rings. The van der Waals surface area contributed by atoms with Crippen LogP contribution in [-0.4, -0.2) is 17.6 Å². The molecule has 3 nitrogen and oxygen atoms in total. The molecule has 0 heterocycles. The van der Waals surface area contributed by atoms with E-state index in [2.05, 4.69) is 5.32 Å². The summed E-state index contributed by atoms with van der Waals surface area (Å²) in [7, 11) is 0. The van der Waals surface area contributed by atoms with Gasteiger partial charge in [0.25, 0.3) is 5.91 Å². The van der Waals surface area contributed by atoms with Crippen molar-refractivity contribution in [2.75, 3.05) is 6.54 Å². The van der Waals surface area contributed by atoms with Gasteiger partial charge in [-0.3, -0.25) is 4.79 Å². The van der Waals surface area contributed by atoms with Crippen molar-refractivity contribution in [3.8, 4) is 0 Å². The Morgan fingerprint density at radius 1 is 1.24 bits per heavy atom. The summed E-state index contributed by atoms with van der Waals surface area (Å²) in [6.45, 7) is 2.01. The molecule has 21 heavy (non-hydrogen) atoms. The number of carbonyl (C=O) groups is 1. The summed E-state index contributed by atoms with van der Waals surface area (Å²) in [5.74, 6) is -0.366. The minimum Gasteiger partial charge on any atom is -0.387 e. The largest absolute Gasteiger partial charge is 0.387 e. The van der Waals surface area contributed by atoms with Gasteiger partial charge in [0.1, 0.15) is 0 Å². The third kappa shape index (κ3) is 3.97. The van der Waals surface area contributed by atoms with Crippen molar-refractivity contribution >= 4 is 29.1 Å². The molecule has 0 aliphatic carbocycles. The molecule has 0 aliphatic rings. The monoisotopic (exact) mass is 323 g/mol. The van der Waals surface area contributed by atoms with Crippen molar-refractivity contribution in [1.82, 2.24) is 5.32 Å². The van der Waals surface area contributed by atoms with Gasteiger partial charge in [0.15, 0.2) is 0 Å². The zero-order valence-corrected chi connectivity index (χ0v) is 12.9. The van der Waals surface area contributed by atoms with Gasteiger partial charge in [0, 0.05) is 11.6 Å². The van der Waals surface area contributed by atoms with Gasteiger partial charge < -0.3 is 10.4 Å². The lowest BCUT2D eigenvalue weighted by Crippen LogP contribution is -2.28. The van der Waals surface area contributed by atoms with E-state index >= 15 is 0 Å². The number of aliphatic hydroxyl groups is 1. The molecule has 0 saturated heterocycles. The van der Waals surface area contributed by atoms with Crippen LogP contribution in [0.2, 0.25) is 10.0 Å². The van der Waals surface area contributed by atoms with Crippen molar-refractivity contribution in [2.24, 2.45) is 0 Å². The quantitative estimate of drug-likeness (QED) is 0.899. The van der Waals surface area contributed by atoms with Crippen LogP contribution in [0.3, 0.4) is 0 Å². The van der Waals surface area contributed by atoms with Crippen LogP contribution in [0, 0.1) is 6.92 Å². The first kappa shape index (κ1) is 15.8. The predicted molar refractivity (Wildman–Crippen MR) is 84.9 cm³/mol. The molecule has 0 aliphatic heterocycles. The highest BCUT2D eigenvalue weighted by atomic mass is 35.5. The highest BCUT2D eigenvalue weighted by molar-refractivity contribution is 6.35. The van der Waals surface area contributed by atoms with Gasteiger partial charge in [-0.25, -0.2) is 0 Å². The topological polar surface area (TPSA) is 49.3 Å². The molecule has 0 bridgehead atoms. The van der Waals surface area contributed by atoms with E-state index in [0.29, 0.717) is 15.6 Å². The van der Waals surface area contributed by atoms with E-state index in [1.54, 1.807) is 12.1 Å². The fourth-order valence-electron chi connectivity index (χ4n) is 2.03.